The minimum absolute atomic E-state index is 0.0411. The van der Waals surface area contributed by atoms with E-state index in [1.165, 1.54) is 11.3 Å². The van der Waals surface area contributed by atoms with Crippen LogP contribution in [0.2, 0.25) is 0 Å². The molecule has 0 unspecified atom stereocenters. The van der Waals surface area contributed by atoms with Crippen molar-refractivity contribution < 1.29 is 9.90 Å². The summed E-state index contributed by atoms with van der Waals surface area (Å²) in [6.07, 6.45) is 3.77. The number of thiophene rings is 1. The van der Waals surface area contributed by atoms with Gasteiger partial charge in [0, 0.05) is 25.6 Å². The Morgan fingerprint density at radius 3 is 2.95 bits per heavy atom. The molecule has 0 aliphatic carbocycles. The molecule has 19 heavy (non-hydrogen) atoms. The Hall–Kier alpha value is -1.31. The average molecular weight is 279 g/mol. The maximum atomic E-state index is 12.3. The normalized spacial score (nSPS) is 9.84. The predicted octanol–water partition coefficient (Wildman–Crippen LogP) is 2.74. The highest BCUT2D eigenvalue weighted by molar-refractivity contribution is 7.12. The third-order valence-electron chi connectivity index (χ3n) is 2.76. The third-order valence-corrected chi connectivity index (χ3v) is 3.67. The molecule has 0 bridgehead atoms. The van der Waals surface area contributed by atoms with Crippen LogP contribution in [0.3, 0.4) is 0 Å². The summed E-state index contributed by atoms with van der Waals surface area (Å²) in [7, 11) is 1.84. The molecule has 1 rings (SSSR count). The van der Waals surface area contributed by atoms with Crippen molar-refractivity contribution in [2.24, 2.45) is 0 Å². The van der Waals surface area contributed by atoms with E-state index >= 15 is 0 Å². The van der Waals surface area contributed by atoms with Crippen LogP contribution in [0.5, 0.6) is 0 Å². The molecule has 0 atom stereocenters. The minimum atomic E-state index is 0.0411. The molecule has 1 N–H and O–H groups in total. The second-order valence-electron chi connectivity index (χ2n) is 4.37. The van der Waals surface area contributed by atoms with E-state index in [1.54, 1.807) is 4.90 Å². The number of amides is 1. The number of rotatable bonds is 6. The van der Waals surface area contributed by atoms with Crippen LogP contribution in [0.15, 0.2) is 11.4 Å². The van der Waals surface area contributed by atoms with Gasteiger partial charge < -0.3 is 10.0 Å². The lowest BCUT2D eigenvalue weighted by molar-refractivity contribution is 0.0797. The standard InChI is InChI=1S/C15H21NO2S/c1-3-4-6-10-16(2)15(18)14-13(9-12-19-14)8-5-7-11-17/h9,12,17H,3-4,6-7,10-11H2,1-2H3. The molecule has 1 heterocycles. The average Bonchev–Trinajstić information content (AvgIpc) is 2.86. The van der Waals surface area contributed by atoms with Crippen molar-refractivity contribution in [3.63, 3.8) is 0 Å². The van der Waals surface area contributed by atoms with E-state index in [9.17, 15) is 4.79 Å². The van der Waals surface area contributed by atoms with Gasteiger partial charge in [0.05, 0.1) is 6.61 Å². The molecule has 0 saturated carbocycles. The maximum Gasteiger partial charge on any atom is 0.264 e. The SMILES string of the molecule is CCCCCN(C)C(=O)c1sccc1C#CCCO. The van der Waals surface area contributed by atoms with Crippen LogP contribution in [0.4, 0.5) is 0 Å². The fourth-order valence-electron chi connectivity index (χ4n) is 1.66. The lowest BCUT2D eigenvalue weighted by Crippen LogP contribution is -2.27. The molecule has 3 nitrogen and oxygen atoms in total. The summed E-state index contributed by atoms with van der Waals surface area (Å²) in [5.41, 5.74) is 0.769. The molecular formula is C15H21NO2S. The van der Waals surface area contributed by atoms with Crippen molar-refractivity contribution in [2.45, 2.75) is 32.6 Å². The van der Waals surface area contributed by atoms with Gasteiger partial charge in [-0.25, -0.2) is 0 Å². The van der Waals surface area contributed by atoms with E-state index in [2.05, 4.69) is 18.8 Å². The van der Waals surface area contributed by atoms with Gasteiger partial charge in [0.15, 0.2) is 0 Å². The van der Waals surface area contributed by atoms with Crippen LogP contribution >= 0.6 is 11.3 Å². The topological polar surface area (TPSA) is 40.5 Å². The van der Waals surface area contributed by atoms with Crippen molar-refractivity contribution >= 4 is 17.2 Å². The predicted molar refractivity (Wildman–Crippen MR) is 79.4 cm³/mol. The Morgan fingerprint density at radius 1 is 1.47 bits per heavy atom. The quantitative estimate of drug-likeness (QED) is 0.642. The highest BCUT2D eigenvalue weighted by atomic mass is 32.1. The van der Waals surface area contributed by atoms with Gasteiger partial charge >= 0.3 is 0 Å². The second-order valence-corrected chi connectivity index (χ2v) is 5.29. The minimum Gasteiger partial charge on any atom is -0.395 e. The number of nitrogens with zero attached hydrogens (tertiary/aromatic N) is 1. The first-order valence-corrected chi connectivity index (χ1v) is 7.51. The number of aliphatic hydroxyl groups is 1. The first kappa shape index (κ1) is 15.7. The van der Waals surface area contributed by atoms with Crippen LogP contribution in [0.25, 0.3) is 0 Å². The fourth-order valence-corrected chi connectivity index (χ4v) is 2.50. The molecule has 104 valence electrons. The molecule has 1 aromatic heterocycles. The number of aliphatic hydroxyl groups excluding tert-OH is 1. The first-order chi connectivity index (χ1) is 9.20. The van der Waals surface area contributed by atoms with Gasteiger partial charge in [-0.3, -0.25) is 4.79 Å². The summed E-state index contributed by atoms with van der Waals surface area (Å²) in [6, 6.07) is 1.86. The molecule has 1 aromatic rings. The molecule has 0 spiro atoms. The zero-order valence-corrected chi connectivity index (χ0v) is 12.4. The Labute approximate surface area is 119 Å². The Bertz CT molecular complexity index is 456. The van der Waals surface area contributed by atoms with Crippen LogP contribution in [-0.4, -0.2) is 36.1 Å². The summed E-state index contributed by atoms with van der Waals surface area (Å²) in [5, 5.41) is 10.6. The van der Waals surface area contributed by atoms with E-state index in [4.69, 9.17) is 5.11 Å². The molecule has 0 saturated heterocycles. The van der Waals surface area contributed by atoms with Gasteiger partial charge in [0.2, 0.25) is 0 Å². The van der Waals surface area contributed by atoms with Crippen LogP contribution in [0, 0.1) is 11.8 Å². The maximum absolute atomic E-state index is 12.3. The summed E-state index contributed by atoms with van der Waals surface area (Å²) >= 11 is 1.43. The number of carbonyl (C=O) groups excluding carboxylic acids is 1. The lowest BCUT2D eigenvalue weighted by Gasteiger charge is -2.16. The molecule has 0 aromatic carbocycles. The highest BCUT2D eigenvalue weighted by Gasteiger charge is 2.15. The van der Waals surface area contributed by atoms with Gasteiger partial charge in [0.1, 0.15) is 4.88 Å². The Kier molecular flexibility index (Phi) is 7.24. The molecular weight excluding hydrogens is 258 g/mol. The number of hydrogen-bond donors (Lipinski definition) is 1. The first-order valence-electron chi connectivity index (χ1n) is 6.63. The second kappa shape index (κ2) is 8.73. The highest BCUT2D eigenvalue weighted by Crippen LogP contribution is 2.18. The van der Waals surface area contributed by atoms with Gasteiger partial charge in [-0.05, 0) is 17.9 Å². The monoisotopic (exact) mass is 279 g/mol. The van der Waals surface area contributed by atoms with Gasteiger partial charge in [0.25, 0.3) is 5.91 Å². The largest absolute Gasteiger partial charge is 0.395 e. The van der Waals surface area contributed by atoms with Crippen molar-refractivity contribution in [2.75, 3.05) is 20.2 Å². The van der Waals surface area contributed by atoms with Crippen LogP contribution < -0.4 is 0 Å². The summed E-state index contributed by atoms with van der Waals surface area (Å²) in [5.74, 6) is 5.85. The molecule has 4 heteroatoms. The van der Waals surface area contributed by atoms with Gasteiger partial charge in [-0.1, -0.05) is 31.6 Å². The zero-order valence-electron chi connectivity index (χ0n) is 11.6. The van der Waals surface area contributed by atoms with Gasteiger partial charge in [-0.15, -0.1) is 11.3 Å². The Morgan fingerprint density at radius 2 is 2.26 bits per heavy atom. The molecule has 0 fully saturated rings. The summed E-state index contributed by atoms with van der Waals surface area (Å²) < 4.78 is 0. The third kappa shape index (κ3) is 5.06. The van der Waals surface area contributed by atoms with E-state index in [-0.39, 0.29) is 12.5 Å². The fraction of sp³-hybridized carbons (Fsp3) is 0.533. The van der Waals surface area contributed by atoms with Crippen molar-refractivity contribution in [1.82, 2.24) is 4.90 Å². The zero-order chi connectivity index (χ0) is 14.1. The van der Waals surface area contributed by atoms with E-state index in [1.807, 2.05) is 18.5 Å². The van der Waals surface area contributed by atoms with Crippen molar-refractivity contribution in [3.8, 4) is 11.8 Å². The number of carbonyl (C=O) groups is 1. The number of unbranched alkanes of at least 4 members (excludes halogenated alkanes) is 2. The smallest absolute Gasteiger partial charge is 0.264 e. The number of hydrogen-bond acceptors (Lipinski definition) is 3. The van der Waals surface area contributed by atoms with Gasteiger partial charge in [-0.2, -0.15) is 0 Å². The van der Waals surface area contributed by atoms with Crippen molar-refractivity contribution in [3.05, 3.63) is 21.9 Å². The van der Waals surface area contributed by atoms with Crippen LogP contribution in [0.1, 0.15) is 47.8 Å². The molecule has 0 aliphatic heterocycles. The van der Waals surface area contributed by atoms with E-state index in [0.717, 1.165) is 31.4 Å². The van der Waals surface area contributed by atoms with Crippen LogP contribution in [-0.2, 0) is 0 Å². The van der Waals surface area contributed by atoms with E-state index < -0.39 is 0 Å². The summed E-state index contributed by atoms with van der Waals surface area (Å²) in [6.45, 7) is 2.99. The molecule has 0 aliphatic rings. The van der Waals surface area contributed by atoms with E-state index in [0.29, 0.717) is 11.3 Å². The molecule has 0 radical (unpaired) electrons. The molecule has 1 amide bonds. The Balaban J connectivity index is 2.67. The lowest BCUT2D eigenvalue weighted by atomic mass is 10.2. The summed E-state index contributed by atoms with van der Waals surface area (Å²) in [4.78, 5) is 14.7. The van der Waals surface area contributed by atoms with Crippen molar-refractivity contribution in [1.29, 1.82) is 0 Å².